The van der Waals surface area contributed by atoms with E-state index in [1.54, 1.807) is 0 Å². The van der Waals surface area contributed by atoms with Gasteiger partial charge in [0.25, 0.3) is 0 Å². The monoisotopic (exact) mass is 450 g/mol. The number of rotatable bonds is 5. The highest BCUT2D eigenvalue weighted by molar-refractivity contribution is 8.00. The number of fused-ring (bicyclic) bond motifs is 5. The van der Waals surface area contributed by atoms with Gasteiger partial charge in [-0.05, 0) is 73.2 Å². The number of aliphatic hydroxyl groups is 2. The van der Waals surface area contributed by atoms with Gasteiger partial charge in [0.2, 0.25) is 0 Å². The van der Waals surface area contributed by atoms with Crippen LogP contribution >= 0.6 is 11.8 Å². The third kappa shape index (κ3) is 3.80. The van der Waals surface area contributed by atoms with Gasteiger partial charge in [-0.1, -0.05) is 19.4 Å². The van der Waals surface area contributed by atoms with Gasteiger partial charge in [0.05, 0.1) is 24.7 Å². The van der Waals surface area contributed by atoms with Crippen LogP contribution in [0.4, 0.5) is 0 Å². The molecule has 0 aromatic heterocycles. The molecular weight excluding hydrogens is 416 g/mol. The number of methoxy groups -OCH3 is 1. The van der Waals surface area contributed by atoms with E-state index < -0.39 is 11.7 Å². The highest BCUT2D eigenvalue weighted by Crippen LogP contribution is 2.66. The molecule has 4 aliphatic rings. The van der Waals surface area contributed by atoms with E-state index in [0.717, 1.165) is 19.3 Å². The van der Waals surface area contributed by atoms with Crippen molar-refractivity contribution in [2.75, 3.05) is 18.6 Å². The number of aliphatic hydroxyl groups excluding tert-OH is 1. The van der Waals surface area contributed by atoms with E-state index in [0.29, 0.717) is 25.7 Å². The van der Waals surface area contributed by atoms with Crippen molar-refractivity contribution in [2.45, 2.75) is 70.5 Å². The number of ketones is 2. The minimum absolute atomic E-state index is 0.0600. The number of carbonyl (C=O) groups is 3. The molecule has 0 spiro atoms. The van der Waals surface area contributed by atoms with Gasteiger partial charge >= 0.3 is 5.97 Å². The molecule has 6 nitrogen and oxygen atoms in total. The molecule has 0 aromatic rings. The Morgan fingerprint density at radius 3 is 2.68 bits per heavy atom. The smallest absolute Gasteiger partial charge is 0.315 e. The van der Waals surface area contributed by atoms with Crippen LogP contribution in [0, 0.1) is 28.6 Å². The Labute approximate surface area is 188 Å². The largest absolute Gasteiger partial charge is 0.468 e. The van der Waals surface area contributed by atoms with Gasteiger partial charge in [-0.3, -0.25) is 14.4 Å². The zero-order chi connectivity index (χ0) is 22.6. The first kappa shape index (κ1) is 23.0. The van der Waals surface area contributed by atoms with E-state index in [4.69, 9.17) is 0 Å². The normalized spacial score (nSPS) is 44.0. The van der Waals surface area contributed by atoms with Crippen LogP contribution in [0.15, 0.2) is 11.6 Å². The highest BCUT2D eigenvalue weighted by atomic mass is 32.2. The van der Waals surface area contributed by atoms with Crippen molar-refractivity contribution in [3.8, 4) is 0 Å². The standard InChI is InChI=1S/C24H34O6S/c1-22-10-18(26)21-16(5-4-14-8-15(25)6-7-23(14,21)2)17(22)9-24(29,13-22)19(27)11-31-12-20(28)30-3/h8,16-18,21,26,29H,4-7,9-13H2,1-3H3/t16-,17-,18-,21+,22-,23+,24-/m1/s1. The zero-order valence-electron chi connectivity index (χ0n) is 18.7. The summed E-state index contributed by atoms with van der Waals surface area (Å²) in [5.41, 5.74) is -0.703. The van der Waals surface area contributed by atoms with E-state index in [1.165, 1.54) is 24.4 Å². The summed E-state index contributed by atoms with van der Waals surface area (Å²) >= 11 is 1.18. The first-order chi connectivity index (χ1) is 14.5. The van der Waals surface area contributed by atoms with Crippen LogP contribution in [-0.4, -0.2) is 58.1 Å². The number of thioether (sulfide) groups is 1. The number of carbonyl (C=O) groups excluding carboxylic acids is 3. The van der Waals surface area contributed by atoms with Gasteiger partial charge in [-0.25, -0.2) is 0 Å². The fourth-order valence-corrected chi connectivity index (χ4v) is 8.30. The molecule has 7 heteroatoms. The Hall–Kier alpha value is -1.18. The third-order valence-corrected chi connectivity index (χ3v) is 9.77. The van der Waals surface area contributed by atoms with Gasteiger partial charge in [0.1, 0.15) is 5.60 Å². The van der Waals surface area contributed by atoms with Gasteiger partial charge < -0.3 is 14.9 Å². The maximum Gasteiger partial charge on any atom is 0.315 e. The van der Waals surface area contributed by atoms with Crippen LogP contribution < -0.4 is 0 Å². The maximum absolute atomic E-state index is 13.0. The van der Waals surface area contributed by atoms with Gasteiger partial charge in [0.15, 0.2) is 11.6 Å². The van der Waals surface area contributed by atoms with Crippen molar-refractivity contribution < 1.29 is 29.3 Å². The topological polar surface area (TPSA) is 101 Å². The minimum atomic E-state index is -1.41. The summed E-state index contributed by atoms with van der Waals surface area (Å²) in [5, 5.41) is 22.7. The average Bonchev–Trinajstić information content (AvgIpc) is 2.99. The average molecular weight is 451 g/mol. The summed E-state index contributed by atoms with van der Waals surface area (Å²) in [5.74, 6) is 0.204. The number of allylic oxidation sites excluding steroid dienone is 1. The third-order valence-electron chi connectivity index (χ3n) is 8.86. The minimum Gasteiger partial charge on any atom is -0.468 e. The first-order valence-electron chi connectivity index (χ1n) is 11.3. The van der Waals surface area contributed by atoms with Crippen molar-refractivity contribution in [3.05, 3.63) is 11.6 Å². The van der Waals surface area contributed by atoms with Crippen molar-refractivity contribution >= 4 is 29.3 Å². The van der Waals surface area contributed by atoms with Crippen LogP contribution in [0.1, 0.15) is 58.8 Å². The number of esters is 1. The van der Waals surface area contributed by atoms with E-state index >= 15 is 0 Å². The van der Waals surface area contributed by atoms with E-state index in [-0.39, 0.29) is 57.6 Å². The van der Waals surface area contributed by atoms with Gasteiger partial charge in [-0.15, -0.1) is 11.8 Å². The molecule has 172 valence electrons. The molecule has 0 unspecified atom stereocenters. The van der Waals surface area contributed by atoms with Crippen LogP contribution in [0.2, 0.25) is 0 Å². The van der Waals surface area contributed by atoms with Gasteiger partial charge in [-0.2, -0.15) is 0 Å². The summed E-state index contributed by atoms with van der Waals surface area (Å²) in [7, 11) is 1.32. The molecule has 0 bridgehead atoms. The Balaban J connectivity index is 1.55. The van der Waals surface area contributed by atoms with Crippen LogP contribution in [0.3, 0.4) is 0 Å². The molecule has 0 aliphatic heterocycles. The predicted octanol–water partition coefficient (Wildman–Crippen LogP) is 2.70. The zero-order valence-corrected chi connectivity index (χ0v) is 19.5. The molecule has 4 aliphatic carbocycles. The Bertz CT molecular complexity index is 823. The van der Waals surface area contributed by atoms with Crippen LogP contribution in [0.5, 0.6) is 0 Å². The molecule has 0 radical (unpaired) electrons. The molecule has 3 saturated carbocycles. The SMILES string of the molecule is COC(=O)CSCC(=O)[C@@]1(O)C[C@@H]2[C@H]3CCC4=CC(=O)CC[C@]4(C)[C@@H]3[C@H](O)C[C@]2(C)C1. The lowest BCUT2D eigenvalue weighted by Gasteiger charge is -2.59. The molecule has 0 amide bonds. The maximum atomic E-state index is 13.0. The number of Topliss-reactive ketones (excluding diaryl/α,β-unsaturated/α-hetero) is 1. The van der Waals surface area contributed by atoms with E-state index in [9.17, 15) is 24.6 Å². The van der Waals surface area contributed by atoms with Crippen molar-refractivity contribution in [3.63, 3.8) is 0 Å². The molecule has 0 saturated heterocycles. The highest BCUT2D eigenvalue weighted by Gasteiger charge is 2.64. The van der Waals surface area contributed by atoms with Crippen molar-refractivity contribution in [1.29, 1.82) is 0 Å². The van der Waals surface area contributed by atoms with Crippen LogP contribution in [0.25, 0.3) is 0 Å². The molecule has 4 rings (SSSR count). The summed E-state index contributed by atoms with van der Waals surface area (Å²) in [6.45, 7) is 4.31. The lowest BCUT2D eigenvalue weighted by atomic mass is 9.46. The predicted molar refractivity (Wildman–Crippen MR) is 117 cm³/mol. The molecule has 31 heavy (non-hydrogen) atoms. The summed E-state index contributed by atoms with van der Waals surface area (Å²) < 4.78 is 4.62. The number of hydrogen-bond acceptors (Lipinski definition) is 7. The molecule has 0 heterocycles. The molecule has 7 atom stereocenters. The lowest BCUT2D eigenvalue weighted by Crippen LogP contribution is -2.55. The molecule has 3 fully saturated rings. The first-order valence-corrected chi connectivity index (χ1v) is 12.5. The summed E-state index contributed by atoms with van der Waals surface area (Å²) in [4.78, 5) is 36.3. The van der Waals surface area contributed by atoms with Crippen molar-refractivity contribution in [2.24, 2.45) is 28.6 Å². The van der Waals surface area contributed by atoms with Crippen molar-refractivity contribution in [1.82, 2.24) is 0 Å². The Morgan fingerprint density at radius 1 is 1.23 bits per heavy atom. The quantitative estimate of drug-likeness (QED) is 0.621. The molecule has 2 N–H and O–H groups in total. The summed E-state index contributed by atoms with van der Waals surface area (Å²) in [6.07, 6.45) is 5.70. The van der Waals surface area contributed by atoms with Crippen LogP contribution in [-0.2, 0) is 19.1 Å². The molecular formula is C24H34O6S. The Kier molecular flexibility index (Phi) is 5.93. The second kappa shape index (κ2) is 7.99. The van der Waals surface area contributed by atoms with E-state index in [1.807, 2.05) is 6.08 Å². The number of ether oxygens (including phenoxy) is 1. The fourth-order valence-electron chi connectivity index (χ4n) is 7.46. The van der Waals surface area contributed by atoms with E-state index in [2.05, 4.69) is 18.6 Å². The fraction of sp³-hybridized carbons (Fsp3) is 0.792. The Morgan fingerprint density at radius 2 is 1.97 bits per heavy atom. The second-order valence-electron chi connectivity index (χ2n) is 10.7. The summed E-state index contributed by atoms with van der Waals surface area (Å²) in [6, 6.07) is 0. The lowest BCUT2D eigenvalue weighted by molar-refractivity contribution is -0.137. The molecule has 0 aromatic carbocycles. The van der Waals surface area contributed by atoms with Gasteiger partial charge in [0, 0.05) is 6.42 Å². The second-order valence-corrected chi connectivity index (χ2v) is 11.7. The number of hydrogen-bond donors (Lipinski definition) is 2.